The summed E-state index contributed by atoms with van der Waals surface area (Å²) in [7, 11) is 0. The molecule has 0 heterocycles. The van der Waals surface area contributed by atoms with Crippen LogP contribution >= 0.6 is 0 Å². The van der Waals surface area contributed by atoms with Gasteiger partial charge in [-0.25, -0.2) is 4.79 Å². The van der Waals surface area contributed by atoms with Crippen molar-refractivity contribution in [3.8, 4) is 0 Å². The fraction of sp³-hybridized carbons (Fsp3) is 0.882. The number of carboxylic acids is 1. The second-order valence-electron chi connectivity index (χ2n) is 6.77. The van der Waals surface area contributed by atoms with Crippen LogP contribution in [0.5, 0.6) is 0 Å². The van der Waals surface area contributed by atoms with Gasteiger partial charge in [0.25, 0.3) is 0 Å². The molecule has 0 amide bonds. The Morgan fingerprint density at radius 1 is 1.05 bits per heavy atom. The zero-order valence-corrected chi connectivity index (χ0v) is 13.1. The Kier molecular flexibility index (Phi) is 6.22. The first-order chi connectivity index (χ1) is 10.1. The highest BCUT2D eigenvalue weighted by Crippen LogP contribution is 2.50. The number of carboxylic acid groups (broad SMARTS) is 1. The molecule has 3 aliphatic rings. The van der Waals surface area contributed by atoms with Crippen LogP contribution in [0.2, 0.25) is 0 Å². The maximum Gasteiger partial charge on any atom is 0.329 e. The van der Waals surface area contributed by atoms with Crippen molar-refractivity contribution in [3.05, 3.63) is 0 Å². The summed E-state index contributed by atoms with van der Waals surface area (Å²) in [6.07, 6.45) is 9.43. The van der Waals surface area contributed by atoms with Gasteiger partial charge in [-0.3, -0.25) is 4.79 Å². The first-order valence-corrected chi connectivity index (χ1v) is 8.39. The standard InChI is InChI=1S/C17H28O4/c1-12(18)17-14-8-6-13(7-9-14)15(17)5-3-2-4-10-21-11-16(19)20/h13-15,17H,2-11H2,1H3,(H,19,20). The van der Waals surface area contributed by atoms with Crippen LogP contribution in [-0.2, 0) is 14.3 Å². The number of rotatable bonds is 9. The van der Waals surface area contributed by atoms with E-state index in [-0.39, 0.29) is 6.61 Å². The number of carbonyl (C=O) groups excluding carboxylic acids is 1. The molecule has 4 nitrogen and oxygen atoms in total. The van der Waals surface area contributed by atoms with Crippen LogP contribution in [-0.4, -0.2) is 30.1 Å². The summed E-state index contributed by atoms with van der Waals surface area (Å²) in [4.78, 5) is 22.3. The lowest BCUT2D eigenvalue weighted by atomic mass is 9.56. The number of hydrogen-bond acceptors (Lipinski definition) is 3. The third-order valence-electron chi connectivity index (χ3n) is 5.41. The van der Waals surface area contributed by atoms with Gasteiger partial charge >= 0.3 is 5.97 Å². The molecule has 0 aliphatic heterocycles. The monoisotopic (exact) mass is 296 g/mol. The lowest BCUT2D eigenvalue weighted by molar-refractivity contribution is -0.142. The number of ketones is 1. The van der Waals surface area contributed by atoms with E-state index in [0.717, 1.165) is 31.6 Å². The van der Waals surface area contributed by atoms with E-state index >= 15 is 0 Å². The summed E-state index contributed by atoms with van der Waals surface area (Å²) in [5.41, 5.74) is 0. The van der Waals surface area contributed by atoms with Gasteiger partial charge in [0.15, 0.2) is 0 Å². The topological polar surface area (TPSA) is 63.6 Å². The maximum absolute atomic E-state index is 12.0. The Labute approximate surface area is 127 Å². The molecule has 0 saturated heterocycles. The smallest absolute Gasteiger partial charge is 0.329 e. The van der Waals surface area contributed by atoms with Crippen LogP contribution in [0.3, 0.4) is 0 Å². The van der Waals surface area contributed by atoms with Gasteiger partial charge in [-0.1, -0.05) is 12.8 Å². The van der Waals surface area contributed by atoms with E-state index in [1.807, 2.05) is 0 Å². The molecule has 2 bridgehead atoms. The second kappa shape index (κ2) is 7.92. The molecule has 3 saturated carbocycles. The van der Waals surface area contributed by atoms with Crippen LogP contribution in [0.1, 0.15) is 58.3 Å². The number of hydrogen-bond donors (Lipinski definition) is 1. The van der Waals surface area contributed by atoms with Crippen molar-refractivity contribution >= 4 is 11.8 Å². The molecule has 1 N–H and O–H groups in total. The Bertz CT molecular complexity index is 358. The third kappa shape index (κ3) is 4.53. The Hall–Kier alpha value is -0.900. The van der Waals surface area contributed by atoms with E-state index < -0.39 is 5.97 Å². The fourth-order valence-electron chi connectivity index (χ4n) is 4.54. The molecule has 21 heavy (non-hydrogen) atoms. The Morgan fingerprint density at radius 3 is 2.33 bits per heavy atom. The van der Waals surface area contributed by atoms with Gasteiger partial charge in [0, 0.05) is 12.5 Å². The zero-order chi connectivity index (χ0) is 15.2. The quantitative estimate of drug-likeness (QED) is 0.663. The van der Waals surface area contributed by atoms with Crippen LogP contribution in [0.15, 0.2) is 0 Å². The average Bonchev–Trinajstić information content (AvgIpc) is 2.46. The van der Waals surface area contributed by atoms with Gasteiger partial charge in [0.2, 0.25) is 0 Å². The summed E-state index contributed by atoms with van der Waals surface area (Å²) < 4.78 is 5.04. The number of unbranched alkanes of at least 4 members (excludes halogenated alkanes) is 2. The molecule has 0 aromatic heterocycles. The molecule has 4 heteroatoms. The number of fused-ring (bicyclic) bond motifs is 3. The first kappa shape index (κ1) is 16.5. The van der Waals surface area contributed by atoms with Crippen molar-refractivity contribution in [1.29, 1.82) is 0 Å². The minimum atomic E-state index is -0.905. The summed E-state index contributed by atoms with van der Waals surface area (Å²) in [5.74, 6) is 1.84. The molecule has 2 unspecified atom stereocenters. The van der Waals surface area contributed by atoms with E-state index in [9.17, 15) is 9.59 Å². The first-order valence-electron chi connectivity index (χ1n) is 8.39. The van der Waals surface area contributed by atoms with Gasteiger partial charge in [-0.15, -0.1) is 0 Å². The lowest BCUT2D eigenvalue weighted by Gasteiger charge is -2.48. The Morgan fingerprint density at radius 2 is 1.71 bits per heavy atom. The van der Waals surface area contributed by atoms with Gasteiger partial charge in [0.1, 0.15) is 12.4 Å². The summed E-state index contributed by atoms with van der Waals surface area (Å²) in [5, 5.41) is 8.47. The van der Waals surface area contributed by atoms with E-state index in [1.54, 1.807) is 6.92 Å². The van der Waals surface area contributed by atoms with E-state index in [0.29, 0.717) is 30.1 Å². The van der Waals surface area contributed by atoms with Crippen LogP contribution in [0.25, 0.3) is 0 Å². The molecule has 0 aromatic rings. The molecule has 0 spiro atoms. The molecule has 120 valence electrons. The minimum absolute atomic E-state index is 0.196. The van der Waals surface area contributed by atoms with Crippen LogP contribution < -0.4 is 0 Å². The minimum Gasteiger partial charge on any atom is -0.480 e. The molecule has 3 fully saturated rings. The average molecular weight is 296 g/mol. The molecule has 0 radical (unpaired) electrons. The number of carbonyl (C=O) groups is 2. The molecular weight excluding hydrogens is 268 g/mol. The largest absolute Gasteiger partial charge is 0.480 e. The highest BCUT2D eigenvalue weighted by Gasteiger charge is 2.44. The van der Waals surface area contributed by atoms with Crippen molar-refractivity contribution in [3.63, 3.8) is 0 Å². The molecular formula is C17H28O4. The SMILES string of the molecule is CC(=O)C1C2CCC(CC2)C1CCCCCOCC(=O)O. The highest BCUT2D eigenvalue weighted by atomic mass is 16.5. The van der Waals surface area contributed by atoms with E-state index in [4.69, 9.17) is 9.84 Å². The van der Waals surface area contributed by atoms with E-state index in [1.165, 1.54) is 25.7 Å². The predicted octanol–water partition coefficient (Wildman–Crippen LogP) is 3.29. The summed E-state index contributed by atoms with van der Waals surface area (Å²) >= 11 is 0. The third-order valence-corrected chi connectivity index (χ3v) is 5.41. The van der Waals surface area contributed by atoms with Gasteiger partial charge < -0.3 is 9.84 Å². The molecule has 0 aromatic carbocycles. The van der Waals surface area contributed by atoms with Crippen molar-refractivity contribution in [2.24, 2.45) is 23.7 Å². The zero-order valence-electron chi connectivity index (χ0n) is 13.1. The van der Waals surface area contributed by atoms with Gasteiger partial charge in [-0.2, -0.15) is 0 Å². The van der Waals surface area contributed by atoms with Crippen LogP contribution in [0, 0.1) is 23.7 Å². The molecule has 3 aliphatic carbocycles. The van der Waals surface area contributed by atoms with Crippen molar-refractivity contribution in [2.45, 2.75) is 58.3 Å². The molecule has 2 atom stereocenters. The summed E-state index contributed by atoms with van der Waals surface area (Å²) in [6.45, 7) is 2.11. The van der Waals surface area contributed by atoms with Crippen molar-refractivity contribution in [1.82, 2.24) is 0 Å². The van der Waals surface area contributed by atoms with Crippen LogP contribution in [0.4, 0.5) is 0 Å². The lowest BCUT2D eigenvalue weighted by Crippen LogP contribution is -2.43. The van der Waals surface area contributed by atoms with Crippen molar-refractivity contribution < 1.29 is 19.4 Å². The van der Waals surface area contributed by atoms with Gasteiger partial charge in [0.05, 0.1) is 0 Å². The normalized spacial score (nSPS) is 31.3. The highest BCUT2D eigenvalue weighted by molar-refractivity contribution is 5.79. The molecule has 3 rings (SSSR count). The van der Waals surface area contributed by atoms with Gasteiger partial charge in [-0.05, 0) is 63.2 Å². The Balaban J connectivity index is 1.67. The number of ether oxygens (including phenoxy) is 1. The number of aliphatic carboxylic acids is 1. The summed E-state index contributed by atoms with van der Waals surface area (Å²) in [6, 6.07) is 0. The predicted molar refractivity (Wildman–Crippen MR) is 80.0 cm³/mol. The van der Waals surface area contributed by atoms with E-state index in [2.05, 4.69) is 0 Å². The number of Topliss-reactive ketones (excluding diaryl/α,β-unsaturated/α-hetero) is 1. The van der Waals surface area contributed by atoms with Crippen molar-refractivity contribution in [2.75, 3.05) is 13.2 Å². The second-order valence-corrected chi connectivity index (χ2v) is 6.77. The maximum atomic E-state index is 12.0. The fourth-order valence-corrected chi connectivity index (χ4v) is 4.54.